The number of sulfonamides is 1. The molecule has 0 aliphatic carbocycles. The van der Waals surface area contributed by atoms with Gasteiger partial charge in [0.15, 0.2) is 6.61 Å². The van der Waals surface area contributed by atoms with Crippen LogP contribution in [0.15, 0.2) is 80.9 Å². The van der Waals surface area contributed by atoms with Crippen LogP contribution in [-0.4, -0.2) is 26.9 Å². The summed E-state index contributed by atoms with van der Waals surface area (Å²) in [4.78, 5) is 23.5. The molecule has 0 spiro atoms. The standard InChI is InChI=1S/C21H20N2O7S/c24-20(22-13-17-3-1-11-28-17)15-30-21(25)10-7-16-5-8-19(9-6-16)31(26,27)23-14-18-4-2-12-29-18/h1-12,23H,13-15H2,(H,22,24)/b10-7+. The number of nitrogens with one attached hydrogen (secondary N) is 2. The average Bonchev–Trinajstić information content (AvgIpc) is 3.48. The molecule has 0 unspecified atom stereocenters. The van der Waals surface area contributed by atoms with Gasteiger partial charge in [0.25, 0.3) is 5.91 Å². The van der Waals surface area contributed by atoms with E-state index in [1.807, 2.05) is 0 Å². The number of amides is 1. The molecule has 1 aromatic carbocycles. The zero-order valence-corrected chi connectivity index (χ0v) is 17.1. The molecule has 0 radical (unpaired) electrons. The molecule has 3 rings (SSSR count). The molecule has 0 saturated carbocycles. The Morgan fingerprint density at radius 1 is 0.935 bits per heavy atom. The van der Waals surface area contributed by atoms with E-state index in [4.69, 9.17) is 13.6 Å². The van der Waals surface area contributed by atoms with Gasteiger partial charge in [-0.1, -0.05) is 12.1 Å². The van der Waals surface area contributed by atoms with Gasteiger partial charge in [-0.25, -0.2) is 17.9 Å². The quantitative estimate of drug-likeness (QED) is 0.362. The summed E-state index contributed by atoms with van der Waals surface area (Å²) >= 11 is 0. The van der Waals surface area contributed by atoms with Crippen molar-refractivity contribution < 1.29 is 31.6 Å². The molecule has 162 valence electrons. The van der Waals surface area contributed by atoms with Crippen molar-refractivity contribution in [3.63, 3.8) is 0 Å². The smallest absolute Gasteiger partial charge is 0.331 e. The lowest BCUT2D eigenvalue weighted by Crippen LogP contribution is -2.27. The van der Waals surface area contributed by atoms with Gasteiger partial charge in [0.2, 0.25) is 10.0 Å². The Morgan fingerprint density at radius 2 is 1.58 bits per heavy atom. The van der Waals surface area contributed by atoms with Crippen molar-refractivity contribution in [1.29, 1.82) is 0 Å². The Kier molecular flexibility index (Phi) is 7.41. The number of furan rings is 2. The van der Waals surface area contributed by atoms with Gasteiger partial charge < -0.3 is 18.9 Å². The van der Waals surface area contributed by atoms with E-state index in [1.54, 1.807) is 36.4 Å². The molecule has 0 atom stereocenters. The summed E-state index contributed by atoms with van der Waals surface area (Å²) in [6.45, 7) is -0.189. The molecule has 10 heteroatoms. The summed E-state index contributed by atoms with van der Waals surface area (Å²) in [7, 11) is -3.70. The lowest BCUT2D eigenvalue weighted by Gasteiger charge is -2.06. The van der Waals surface area contributed by atoms with Crippen molar-refractivity contribution in [2.75, 3.05) is 6.61 Å². The number of carbonyl (C=O) groups is 2. The normalized spacial score (nSPS) is 11.5. The maximum atomic E-state index is 12.3. The van der Waals surface area contributed by atoms with Crippen molar-refractivity contribution >= 4 is 28.0 Å². The molecular weight excluding hydrogens is 424 g/mol. The van der Waals surface area contributed by atoms with Gasteiger partial charge in [0.05, 0.1) is 30.5 Å². The van der Waals surface area contributed by atoms with Crippen LogP contribution < -0.4 is 10.0 Å². The monoisotopic (exact) mass is 444 g/mol. The van der Waals surface area contributed by atoms with Gasteiger partial charge in [-0.15, -0.1) is 0 Å². The molecular formula is C21H20N2O7S. The maximum absolute atomic E-state index is 12.3. The minimum Gasteiger partial charge on any atom is -0.468 e. The Balaban J connectivity index is 1.44. The minimum atomic E-state index is -3.70. The van der Waals surface area contributed by atoms with Crippen molar-refractivity contribution in [2.45, 2.75) is 18.0 Å². The zero-order chi connectivity index (χ0) is 22.1. The molecule has 0 aliphatic heterocycles. The molecule has 0 fully saturated rings. The predicted octanol–water partition coefficient (Wildman–Crippen LogP) is 2.22. The third-order valence-corrected chi connectivity index (χ3v) is 5.42. The first-order valence-electron chi connectivity index (χ1n) is 9.18. The van der Waals surface area contributed by atoms with Crippen LogP contribution in [0.25, 0.3) is 6.08 Å². The molecule has 1 amide bonds. The van der Waals surface area contributed by atoms with E-state index < -0.39 is 28.5 Å². The number of rotatable bonds is 10. The SMILES string of the molecule is O=C(COC(=O)/C=C/c1ccc(S(=O)(=O)NCc2ccco2)cc1)NCc1ccco1. The second kappa shape index (κ2) is 10.4. The fraction of sp³-hybridized carbons (Fsp3) is 0.143. The van der Waals surface area contributed by atoms with E-state index in [-0.39, 0.29) is 18.0 Å². The second-order valence-electron chi connectivity index (χ2n) is 6.27. The largest absolute Gasteiger partial charge is 0.468 e. The van der Waals surface area contributed by atoms with Crippen LogP contribution in [0.4, 0.5) is 0 Å². The predicted molar refractivity (Wildman–Crippen MR) is 110 cm³/mol. The number of carbonyl (C=O) groups excluding carboxylic acids is 2. The fourth-order valence-electron chi connectivity index (χ4n) is 2.42. The highest BCUT2D eigenvalue weighted by molar-refractivity contribution is 7.89. The second-order valence-corrected chi connectivity index (χ2v) is 8.04. The average molecular weight is 444 g/mol. The Hall–Kier alpha value is -3.63. The highest BCUT2D eigenvalue weighted by Crippen LogP contribution is 2.12. The first-order valence-corrected chi connectivity index (χ1v) is 10.7. The summed E-state index contributed by atoms with van der Waals surface area (Å²) in [5.74, 6) is -0.0859. The number of hydrogen-bond donors (Lipinski definition) is 2. The topological polar surface area (TPSA) is 128 Å². The third-order valence-electron chi connectivity index (χ3n) is 4.00. The number of benzene rings is 1. The summed E-state index contributed by atoms with van der Waals surface area (Å²) in [5.41, 5.74) is 0.587. The molecule has 31 heavy (non-hydrogen) atoms. The Labute approximate surface area is 178 Å². The lowest BCUT2D eigenvalue weighted by molar-refractivity contribution is -0.143. The molecule has 3 aromatic rings. The van der Waals surface area contributed by atoms with Crippen molar-refractivity contribution in [1.82, 2.24) is 10.0 Å². The fourth-order valence-corrected chi connectivity index (χ4v) is 3.41. The van der Waals surface area contributed by atoms with Crippen LogP contribution in [0.3, 0.4) is 0 Å². The first kappa shape index (κ1) is 22.1. The maximum Gasteiger partial charge on any atom is 0.331 e. The van der Waals surface area contributed by atoms with E-state index >= 15 is 0 Å². The number of ether oxygens (including phenoxy) is 1. The highest BCUT2D eigenvalue weighted by Gasteiger charge is 2.14. The third kappa shape index (κ3) is 6.98. The summed E-state index contributed by atoms with van der Waals surface area (Å²) < 4.78 is 42.1. The zero-order valence-electron chi connectivity index (χ0n) is 16.3. The van der Waals surface area contributed by atoms with Gasteiger partial charge in [0.1, 0.15) is 11.5 Å². The molecule has 2 aromatic heterocycles. The van der Waals surface area contributed by atoms with Crippen molar-refractivity contribution in [2.24, 2.45) is 0 Å². The van der Waals surface area contributed by atoms with Gasteiger partial charge in [-0.3, -0.25) is 4.79 Å². The van der Waals surface area contributed by atoms with Gasteiger partial charge in [0, 0.05) is 6.08 Å². The molecule has 0 bridgehead atoms. The summed E-state index contributed by atoms with van der Waals surface area (Å²) in [6, 6.07) is 12.7. The molecule has 2 N–H and O–H groups in total. The molecule has 9 nitrogen and oxygen atoms in total. The van der Waals surface area contributed by atoms with Crippen molar-refractivity contribution in [3.8, 4) is 0 Å². The van der Waals surface area contributed by atoms with Gasteiger partial charge >= 0.3 is 5.97 Å². The van der Waals surface area contributed by atoms with E-state index in [1.165, 1.54) is 30.7 Å². The first-order chi connectivity index (χ1) is 14.9. The van der Waals surface area contributed by atoms with E-state index in [0.29, 0.717) is 17.1 Å². The van der Waals surface area contributed by atoms with Crippen LogP contribution in [0, 0.1) is 0 Å². The van der Waals surface area contributed by atoms with Crippen LogP contribution in [0.5, 0.6) is 0 Å². The van der Waals surface area contributed by atoms with Crippen LogP contribution >= 0.6 is 0 Å². The Morgan fingerprint density at radius 3 is 2.19 bits per heavy atom. The molecule has 0 saturated heterocycles. The number of hydrogen-bond acceptors (Lipinski definition) is 7. The summed E-state index contributed by atoms with van der Waals surface area (Å²) in [6.07, 6.45) is 5.56. The van der Waals surface area contributed by atoms with Crippen LogP contribution in [-0.2, 0) is 37.4 Å². The van der Waals surface area contributed by atoms with Crippen molar-refractivity contribution in [3.05, 3.63) is 84.2 Å². The summed E-state index contributed by atoms with van der Waals surface area (Å²) in [5, 5.41) is 2.55. The van der Waals surface area contributed by atoms with E-state index in [9.17, 15) is 18.0 Å². The van der Waals surface area contributed by atoms with Crippen LogP contribution in [0.2, 0.25) is 0 Å². The molecule has 2 heterocycles. The lowest BCUT2D eigenvalue weighted by atomic mass is 10.2. The Bertz CT molecular complexity index is 1120. The minimum absolute atomic E-state index is 0.0396. The highest BCUT2D eigenvalue weighted by atomic mass is 32.2. The van der Waals surface area contributed by atoms with Gasteiger partial charge in [-0.2, -0.15) is 0 Å². The number of esters is 1. The van der Waals surface area contributed by atoms with E-state index in [0.717, 1.165) is 6.08 Å². The van der Waals surface area contributed by atoms with Gasteiger partial charge in [-0.05, 0) is 48.0 Å². The van der Waals surface area contributed by atoms with E-state index in [2.05, 4.69) is 10.0 Å². The van der Waals surface area contributed by atoms with Crippen LogP contribution in [0.1, 0.15) is 17.1 Å². The molecule has 0 aliphatic rings.